The molecule has 0 bridgehead atoms. The van der Waals surface area contributed by atoms with Crippen LogP contribution in [-0.4, -0.2) is 36.7 Å². The highest BCUT2D eigenvalue weighted by Crippen LogP contribution is 2.35. The second-order valence-corrected chi connectivity index (χ2v) is 7.44. The zero-order chi connectivity index (χ0) is 17.1. The number of rotatable bonds is 2. The van der Waals surface area contributed by atoms with Gasteiger partial charge in [0.1, 0.15) is 0 Å². The minimum Gasteiger partial charge on any atom is -0.490 e. The Morgan fingerprint density at radius 3 is 2.60 bits per heavy atom. The Kier molecular flexibility index (Phi) is 4.99. The van der Waals surface area contributed by atoms with E-state index in [1.165, 1.54) is 32.1 Å². The van der Waals surface area contributed by atoms with Gasteiger partial charge in [0.15, 0.2) is 11.5 Å². The van der Waals surface area contributed by atoms with Gasteiger partial charge < -0.3 is 19.7 Å². The third-order valence-electron chi connectivity index (χ3n) is 5.75. The number of likely N-dealkylation sites (tertiary alicyclic amines) is 1. The number of nitrogens with one attached hydrogen (secondary N) is 1. The van der Waals surface area contributed by atoms with Crippen LogP contribution in [0, 0.1) is 5.92 Å². The SMILES string of the molecule is O=C(Nc1ccc2c(c1)OCCCO2)N1CCCC1C1CCCCC1. The highest BCUT2D eigenvalue weighted by atomic mass is 16.5. The lowest BCUT2D eigenvalue weighted by atomic mass is 9.83. The van der Waals surface area contributed by atoms with E-state index < -0.39 is 0 Å². The van der Waals surface area contributed by atoms with Gasteiger partial charge in [0.05, 0.1) is 13.2 Å². The number of fused-ring (bicyclic) bond motifs is 1. The van der Waals surface area contributed by atoms with Crippen molar-refractivity contribution >= 4 is 11.7 Å². The van der Waals surface area contributed by atoms with Crippen LogP contribution >= 0.6 is 0 Å². The van der Waals surface area contributed by atoms with E-state index in [1.807, 2.05) is 18.2 Å². The zero-order valence-corrected chi connectivity index (χ0v) is 14.8. The van der Waals surface area contributed by atoms with Crippen LogP contribution < -0.4 is 14.8 Å². The summed E-state index contributed by atoms with van der Waals surface area (Å²) in [5.41, 5.74) is 0.781. The molecule has 4 rings (SSSR count). The van der Waals surface area contributed by atoms with Crippen molar-refractivity contribution < 1.29 is 14.3 Å². The van der Waals surface area contributed by atoms with E-state index in [0.717, 1.165) is 43.0 Å². The van der Waals surface area contributed by atoms with E-state index >= 15 is 0 Å². The molecule has 1 saturated heterocycles. The summed E-state index contributed by atoms with van der Waals surface area (Å²) < 4.78 is 11.4. The molecule has 3 aliphatic rings. The van der Waals surface area contributed by atoms with Crippen LogP contribution in [0.1, 0.15) is 51.4 Å². The van der Waals surface area contributed by atoms with Crippen LogP contribution in [0.2, 0.25) is 0 Å². The predicted octanol–water partition coefficient (Wildman–Crippen LogP) is 4.42. The van der Waals surface area contributed by atoms with E-state index in [0.29, 0.717) is 25.2 Å². The van der Waals surface area contributed by atoms with Crippen LogP contribution in [0.5, 0.6) is 11.5 Å². The fraction of sp³-hybridized carbons (Fsp3) is 0.650. The summed E-state index contributed by atoms with van der Waals surface area (Å²) in [6.45, 7) is 2.20. The Bertz CT molecular complexity index is 613. The standard InChI is InChI=1S/C20H28N2O3/c23-20(22-11-4-8-17(22)15-6-2-1-3-7-15)21-16-9-10-18-19(14-16)25-13-5-12-24-18/h9-10,14-15,17H,1-8,11-13H2,(H,21,23). The third-order valence-corrected chi connectivity index (χ3v) is 5.75. The van der Waals surface area contributed by atoms with Crippen LogP contribution in [0.15, 0.2) is 18.2 Å². The molecule has 5 heteroatoms. The third kappa shape index (κ3) is 3.70. The molecule has 5 nitrogen and oxygen atoms in total. The maximum atomic E-state index is 12.8. The summed E-state index contributed by atoms with van der Waals surface area (Å²) in [6.07, 6.45) is 9.70. The quantitative estimate of drug-likeness (QED) is 0.864. The zero-order valence-electron chi connectivity index (χ0n) is 14.8. The van der Waals surface area contributed by atoms with Gasteiger partial charge in [-0.25, -0.2) is 4.79 Å². The number of ether oxygens (including phenoxy) is 2. The molecule has 1 aromatic carbocycles. The number of hydrogen-bond donors (Lipinski definition) is 1. The summed E-state index contributed by atoms with van der Waals surface area (Å²) in [7, 11) is 0. The number of nitrogens with zero attached hydrogens (tertiary/aromatic N) is 1. The fourth-order valence-corrected chi connectivity index (χ4v) is 4.49. The number of anilines is 1. The van der Waals surface area contributed by atoms with Gasteiger partial charge in [0.2, 0.25) is 0 Å². The summed E-state index contributed by atoms with van der Waals surface area (Å²) in [6, 6.07) is 6.11. The highest BCUT2D eigenvalue weighted by Gasteiger charge is 2.35. The molecular formula is C20H28N2O3. The Morgan fingerprint density at radius 1 is 0.960 bits per heavy atom. The topological polar surface area (TPSA) is 50.8 Å². The average molecular weight is 344 g/mol. The summed E-state index contributed by atoms with van der Waals surface area (Å²) in [5.74, 6) is 2.17. The first kappa shape index (κ1) is 16.6. The van der Waals surface area contributed by atoms with E-state index in [2.05, 4.69) is 10.2 Å². The van der Waals surface area contributed by atoms with Gasteiger partial charge in [-0.1, -0.05) is 19.3 Å². The molecule has 0 aromatic heterocycles. The van der Waals surface area contributed by atoms with Crippen molar-refractivity contribution in [1.82, 2.24) is 4.90 Å². The molecule has 25 heavy (non-hydrogen) atoms. The first-order chi connectivity index (χ1) is 12.3. The maximum absolute atomic E-state index is 12.8. The monoisotopic (exact) mass is 344 g/mol. The second kappa shape index (κ2) is 7.54. The Morgan fingerprint density at radius 2 is 1.76 bits per heavy atom. The van der Waals surface area contributed by atoms with Gasteiger partial charge >= 0.3 is 6.03 Å². The molecule has 1 unspecified atom stereocenters. The number of amides is 2. The Labute approximate surface area is 149 Å². The van der Waals surface area contributed by atoms with Crippen molar-refractivity contribution in [2.24, 2.45) is 5.92 Å². The minimum absolute atomic E-state index is 0.0302. The number of carbonyl (C=O) groups excluding carboxylic acids is 1. The van der Waals surface area contributed by atoms with Crippen molar-refractivity contribution in [1.29, 1.82) is 0 Å². The van der Waals surface area contributed by atoms with Gasteiger partial charge in [0.25, 0.3) is 0 Å². The van der Waals surface area contributed by atoms with Crippen molar-refractivity contribution in [3.05, 3.63) is 18.2 Å². The van der Waals surface area contributed by atoms with Gasteiger partial charge in [-0.2, -0.15) is 0 Å². The molecule has 2 fully saturated rings. The van der Waals surface area contributed by atoms with Crippen molar-refractivity contribution in [3.8, 4) is 11.5 Å². The van der Waals surface area contributed by atoms with Crippen LogP contribution in [-0.2, 0) is 0 Å². The van der Waals surface area contributed by atoms with Crippen molar-refractivity contribution in [3.63, 3.8) is 0 Å². The molecule has 2 amide bonds. The van der Waals surface area contributed by atoms with E-state index in [1.54, 1.807) is 0 Å². The smallest absolute Gasteiger partial charge is 0.322 e. The average Bonchev–Trinajstić information content (AvgIpc) is 3.02. The van der Waals surface area contributed by atoms with Gasteiger partial charge in [-0.05, 0) is 43.7 Å². The normalized spacial score (nSPS) is 24.0. The molecule has 1 aliphatic carbocycles. The largest absolute Gasteiger partial charge is 0.490 e. The molecule has 0 radical (unpaired) electrons. The molecule has 0 spiro atoms. The molecule has 2 aliphatic heterocycles. The fourth-order valence-electron chi connectivity index (χ4n) is 4.49. The molecule has 1 atom stereocenters. The van der Waals surface area contributed by atoms with Crippen LogP contribution in [0.25, 0.3) is 0 Å². The first-order valence-electron chi connectivity index (χ1n) is 9.78. The Balaban J connectivity index is 1.43. The first-order valence-corrected chi connectivity index (χ1v) is 9.78. The maximum Gasteiger partial charge on any atom is 0.322 e. The van der Waals surface area contributed by atoms with Gasteiger partial charge in [0, 0.05) is 30.8 Å². The van der Waals surface area contributed by atoms with Crippen molar-refractivity contribution in [2.75, 3.05) is 25.1 Å². The lowest BCUT2D eigenvalue weighted by molar-refractivity contribution is 0.166. The molecule has 136 valence electrons. The number of carbonyl (C=O) groups is 1. The molecule has 1 N–H and O–H groups in total. The summed E-state index contributed by atoms with van der Waals surface area (Å²) in [4.78, 5) is 14.9. The van der Waals surface area contributed by atoms with E-state index in [4.69, 9.17) is 9.47 Å². The van der Waals surface area contributed by atoms with Crippen LogP contribution in [0.4, 0.5) is 10.5 Å². The van der Waals surface area contributed by atoms with Gasteiger partial charge in [-0.3, -0.25) is 0 Å². The molecular weight excluding hydrogens is 316 g/mol. The number of hydrogen-bond acceptors (Lipinski definition) is 3. The highest BCUT2D eigenvalue weighted by molar-refractivity contribution is 5.90. The number of benzene rings is 1. The number of urea groups is 1. The van der Waals surface area contributed by atoms with Gasteiger partial charge in [-0.15, -0.1) is 0 Å². The minimum atomic E-state index is 0.0302. The summed E-state index contributed by atoms with van der Waals surface area (Å²) in [5, 5.41) is 3.07. The van der Waals surface area contributed by atoms with E-state index in [9.17, 15) is 4.79 Å². The van der Waals surface area contributed by atoms with E-state index in [-0.39, 0.29) is 6.03 Å². The second-order valence-electron chi connectivity index (χ2n) is 7.44. The van der Waals surface area contributed by atoms with Crippen LogP contribution in [0.3, 0.4) is 0 Å². The predicted molar refractivity (Wildman–Crippen MR) is 97.4 cm³/mol. The lowest BCUT2D eigenvalue weighted by Gasteiger charge is -2.34. The Hall–Kier alpha value is -1.91. The summed E-state index contributed by atoms with van der Waals surface area (Å²) >= 11 is 0. The lowest BCUT2D eigenvalue weighted by Crippen LogP contribution is -2.43. The molecule has 1 saturated carbocycles. The molecule has 2 heterocycles. The molecule has 1 aromatic rings. The van der Waals surface area contributed by atoms with Crippen molar-refractivity contribution in [2.45, 2.75) is 57.4 Å².